The Kier molecular flexibility index (Phi) is 5.17. The van der Waals surface area contributed by atoms with E-state index in [4.69, 9.17) is 4.74 Å². The first-order valence-corrected chi connectivity index (χ1v) is 8.59. The number of carbonyl (C=O) groups is 2. The lowest BCUT2D eigenvalue weighted by Gasteiger charge is -2.19. The lowest BCUT2D eigenvalue weighted by atomic mass is 10.1. The molecule has 0 aromatic carbocycles. The van der Waals surface area contributed by atoms with Crippen molar-refractivity contribution in [3.63, 3.8) is 0 Å². The van der Waals surface area contributed by atoms with Gasteiger partial charge in [0.1, 0.15) is 12.4 Å². The van der Waals surface area contributed by atoms with Gasteiger partial charge in [0, 0.05) is 38.3 Å². The molecule has 130 valence electrons. The zero-order chi connectivity index (χ0) is 16.9. The standard InChI is InChI=1S/C17H24N4O3/c1-2-24-15(22)12-21-11-10-20(17(21)23)9-7-14-6-5-13-4-3-8-18-16(13)19-14/h5-6H,2-4,7-12H2,1H3,(H,18,19). The molecule has 24 heavy (non-hydrogen) atoms. The predicted octanol–water partition coefficient (Wildman–Crippen LogP) is 1.28. The number of esters is 1. The van der Waals surface area contributed by atoms with E-state index in [1.165, 1.54) is 5.56 Å². The molecule has 7 heteroatoms. The number of aromatic nitrogens is 1. The summed E-state index contributed by atoms with van der Waals surface area (Å²) in [6.07, 6.45) is 2.93. The van der Waals surface area contributed by atoms with Crippen LogP contribution in [-0.2, 0) is 22.4 Å². The number of ether oxygens (including phenoxy) is 1. The zero-order valence-corrected chi connectivity index (χ0v) is 14.1. The number of amides is 2. The molecule has 0 unspecified atom stereocenters. The molecule has 7 nitrogen and oxygen atoms in total. The first-order chi connectivity index (χ1) is 11.7. The van der Waals surface area contributed by atoms with Gasteiger partial charge in [0.05, 0.1) is 6.61 Å². The van der Waals surface area contributed by atoms with Crippen molar-refractivity contribution in [3.05, 3.63) is 23.4 Å². The van der Waals surface area contributed by atoms with Gasteiger partial charge in [0.2, 0.25) is 0 Å². The first-order valence-electron chi connectivity index (χ1n) is 8.59. The fourth-order valence-electron chi connectivity index (χ4n) is 3.11. The fraction of sp³-hybridized carbons (Fsp3) is 0.588. The highest BCUT2D eigenvalue weighted by Crippen LogP contribution is 2.20. The fourth-order valence-corrected chi connectivity index (χ4v) is 3.11. The Balaban J connectivity index is 1.52. The molecule has 2 aliphatic heterocycles. The second-order valence-corrected chi connectivity index (χ2v) is 6.09. The third-order valence-corrected chi connectivity index (χ3v) is 4.40. The van der Waals surface area contributed by atoms with Gasteiger partial charge in [-0.1, -0.05) is 6.07 Å². The molecule has 1 saturated heterocycles. The molecule has 3 rings (SSSR count). The Labute approximate surface area is 142 Å². The lowest BCUT2D eigenvalue weighted by molar-refractivity contribution is -0.143. The number of nitrogens with zero attached hydrogens (tertiary/aromatic N) is 3. The Bertz CT molecular complexity index is 620. The monoisotopic (exact) mass is 332 g/mol. The van der Waals surface area contributed by atoms with E-state index in [1.807, 2.05) is 6.07 Å². The number of pyridine rings is 1. The van der Waals surface area contributed by atoms with Crippen molar-refractivity contribution >= 4 is 17.8 Å². The van der Waals surface area contributed by atoms with Crippen LogP contribution in [0.4, 0.5) is 10.6 Å². The number of carbonyl (C=O) groups excluding carboxylic acids is 2. The Hall–Kier alpha value is -2.31. The first kappa shape index (κ1) is 16.5. The quantitative estimate of drug-likeness (QED) is 0.795. The number of nitrogens with one attached hydrogen (secondary N) is 1. The van der Waals surface area contributed by atoms with E-state index in [0.717, 1.165) is 30.9 Å². The smallest absolute Gasteiger partial charge is 0.325 e. The molecular weight excluding hydrogens is 308 g/mol. The number of rotatable bonds is 6. The molecule has 1 aromatic heterocycles. The average Bonchev–Trinajstić information content (AvgIpc) is 2.93. The molecule has 0 atom stereocenters. The second-order valence-electron chi connectivity index (χ2n) is 6.09. The molecule has 0 bridgehead atoms. The van der Waals surface area contributed by atoms with Gasteiger partial charge >= 0.3 is 12.0 Å². The van der Waals surface area contributed by atoms with E-state index in [0.29, 0.717) is 32.7 Å². The van der Waals surface area contributed by atoms with Crippen molar-refractivity contribution in [2.45, 2.75) is 26.2 Å². The summed E-state index contributed by atoms with van der Waals surface area (Å²) < 4.78 is 4.90. The van der Waals surface area contributed by atoms with Crippen LogP contribution >= 0.6 is 0 Å². The summed E-state index contributed by atoms with van der Waals surface area (Å²) >= 11 is 0. The van der Waals surface area contributed by atoms with Crippen LogP contribution in [-0.4, -0.2) is 66.1 Å². The van der Waals surface area contributed by atoms with E-state index in [9.17, 15) is 9.59 Å². The zero-order valence-electron chi connectivity index (χ0n) is 14.1. The molecule has 1 N–H and O–H groups in total. The SMILES string of the molecule is CCOC(=O)CN1CCN(CCc2ccc3c(n2)NCCC3)C1=O. The molecule has 0 saturated carbocycles. The number of urea groups is 1. The molecular formula is C17H24N4O3. The normalized spacial score (nSPS) is 16.8. The maximum atomic E-state index is 12.3. The summed E-state index contributed by atoms with van der Waals surface area (Å²) in [5, 5.41) is 3.33. The highest BCUT2D eigenvalue weighted by molar-refractivity contribution is 5.82. The van der Waals surface area contributed by atoms with Gasteiger partial charge in [-0.2, -0.15) is 0 Å². The highest BCUT2D eigenvalue weighted by atomic mass is 16.5. The average molecular weight is 332 g/mol. The minimum Gasteiger partial charge on any atom is -0.465 e. The largest absolute Gasteiger partial charge is 0.465 e. The Morgan fingerprint density at radius 3 is 3.00 bits per heavy atom. The van der Waals surface area contributed by atoms with Crippen LogP contribution in [0.3, 0.4) is 0 Å². The van der Waals surface area contributed by atoms with Crippen LogP contribution in [0.1, 0.15) is 24.6 Å². The summed E-state index contributed by atoms with van der Waals surface area (Å²) in [7, 11) is 0. The third kappa shape index (κ3) is 3.77. The van der Waals surface area contributed by atoms with E-state index in [1.54, 1.807) is 16.7 Å². The minimum atomic E-state index is -0.352. The van der Waals surface area contributed by atoms with Crippen LogP contribution in [0.15, 0.2) is 12.1 Å². The number of anilines is 1. The molecule has 0 aliphatic carbocycles. The van der Waals surface area contributed by atoms with Gasteiger partial charge in [-0.05, 0) is 31.4 Å². The van der Waals surface area contributed by atoms with Crippen LogP contribution in [0, 0.1) is 0 Å². The number of hydrogen-bond acceptors (Lipinski definition) is 5. The van der Waals surface area contributed by atoms with Gasteiger partial charge in [-0.3, -0.25) is 4.79 Å². The van der Waals surface area contributed by atoms with E-state index in [-0.39, 0.29) is 18.5 Å². The summed E-state index contributed by atoms with van der Waals surface area (Å²) in [4.78, 5) is 31.8. The maximum absolute atomic E-state index is 12.3. The number of fused-ring (bicyclic) bond motifs is 1. The maximum Gasteiger partial charge on any atom is 0.325 e. The van der Waals surface area contributed by atoms with Gasteiger partial charge in [-0.15, -0.1) is 0 Å². The topological polar surface area (TPSA) is 74.8 Å². The van der Waals surface area contributed by atoms with Gasteiger partial charge < -0.3 is 19.9 Å². The van der Waals surface area contributed by atoms with Crippen molar-refractivity contribution in [2.75, 3.05) is 44.6 Å². The van der Waals surface area contributed by atoms with Gasteiger partial charge in [0.25, 0.3) is 0 Å². The number of hydrogen-bond donors (Lipinski definition) is 1. The second kappa shape index (κ2) is 7.51. The molecule has 2 aliphatic rings. The van der Waals surface area contributed by atoms with Crippen LogP contribution in [0.2, 0.25) is 0 Å². The van der Waals surface area contributed by atoms with E-state index in [2.05, 4.69) is 16.4 Å². The summed E-state index contributed by atoms with van der Waals surface area (Å²) in [5.74, 6) is 0.630. The molecule has 3 heterocycles. The van der Waals surface area contributed by atoms with E-state index >= 15 is 0 Å². The van der Waals surface area contributed by atoms with Crippen molar-refractivity contribution in [3.8, 4) is 0 Å². The molecule has 1 fully saturated rings. The lowest BCUT2D eigenvalue weighted by Crippen LogP contribution is -2.36. The predicted molar refractivity (Wildman–Crippen MR) is 89.9 cm³/mol. The molecule has 2 amide bonds. The van der Waals surface area contributed by atoms with Crippen LogP contribution < -0.4 is 5.32 Å². The van der Waals surface area contributed by atoms with Crippen molar-refractivity contribution in [1.29, 1.82) is 0 Å². The molecule has 1 aromatic rings. The van der Waals surface area contributed by atoms with Crippen molar-refractivity contribution in [2.24, 2.45) is 0 Å². The Morgan fingerprint density at radius 1 is 1.33 bits per heavy atom. The van der Waals surface area contributed by atoms with E-state index < -0.39 is 0 Å². The van der Waals surface area contributed by atoms with Crippen molar-refractivity contribution in [1.82, 2.24) is 14.8 Å². The summed E-state index contributed by atoms with van der Waals surface area (Å²) in [5.41, 5.74) is 2.25. The third-order valence-electron chi connectivity index (χ3n) is 4.40. The van der Waals surface area contributed by atoms with Crippen LogP contribution in [0.25, 0.3) is 0 Å². The van der Waals surface area contributed by atoms with Crippen molar-refractivity contribution < 1.29 is 14.3 Å². The summed E-state index contributed by atoms with van der Waals surface area (Å²) in [6.45, 7) is 4.92. The molecule has 0 radical (unpaired) electrons. The summed E-state index contributed by atoms with van der Waals surface area (Å²) in [6, 6.07) is 4.07. The van der Waals surface area contributed by atoms with Gasteiger partial charge in [-0.25, -0.2) is 9.78 Å². The van der Waals surface area contributed by atoms with Crippen LogP contribution in [0.5, 0.6) is 0 Å². The van der Waals surface area contributed by atoms with Gasteiger partial charge in [0.15, 0.2) is 0 Å². The highest BCUT2D eigenvalue weighted by Gasteiger charge is 2.29. The number of aryl methyl sites for hydroxylation is 1. The molecule has 0 spiro atoms. The Morgan fingerprint density at radius 2 is 2.17 bits per heavy atom. The minimum absolute atomic E-state index is 0.0319.